The Morgan fingerprint density at radius 1 is 1.48 bits per heavy atom. The molecule has 0 bridgehead atoms. The van der Waals surface area contributed by atoms with Crippen LogP contribution < -0.4 is 10.6 Å². The quantitative estimate of drug-likeness (QED) is 0.568. The minimum atomic E-state index is -1.17. The van der Waals surface area contributed by atoms with E-state index < -0.39 is 30.4 Å². The molecule has 1 saturated heterocycles. The van der Waals surface area contributed by atoms with Gasteiger partial charge in [0.2, 0.25) is 11.8 Å². The number of piperazine rings is 1. The number of hydrogen-bond donors (Lipinski definition) is 3. The van der Waals surface area contributed by atoms with Crippen LogP contribution in [0.4, 0.5) is 4.79 Å². The standard InChI is InChI=1S/C12H20N4O5/c1-3-15(2)9(17)7-14-12(21)16-5-4-13-11(20)8(16)6-10(18)19/h8H,3-7H2,1-2H3,(H,13,20)(H,14,21)(H,18,19). The van der Waals surface area contributed by atoms with Gasteiger partial charge in [0, 0.05) is 26.7 Å². The van der Waals surface area contributed by atoms with Gasteiger partial charge in [-0.05, 0) is 6.92 Å². The number of nitrogens with one attached hydrogen (secondary N) is 2. The average Bonchev–Trinajstić information content (AvgIpc) is 2.45. The van der Waals surface area contributed by atoms with Gasteiger partial charge in [-0.1, -0.05) is 0 Å². The normalized spacial score (nSPS) is 17.9. The summed E-state index contributed by atoms with van der Waals surface area (Å²) in [5, 5.41) is 13.7. The van der Waals surface area contributed by atoms with Crippen molar-refractivity contribution < 1.29 is 24.3 Å². The van der Waals surface area contributed by atoms with Crippen LogP contribution in [0.25, 0.3) is 0 Å². The maximum absolute atomic E-state index is 12.0. The summed E-state index contributed by atoms with van der Waals surface area (Å²) in [5.74, 6) is -1.94. The Kier molecular flexibility index (Phi) is 5.94. The molecule has 0 aliphatic carbocycles. The number of nitrogens with zero attached hydrogens (tertiary/aromatic N) is 2. The van der Waals surface area contributed by atoms with Gasteiger partial charge in [0.15, 0.2) is 0 Å². The third-order valence-corrected chi connectivity index (χ3v) is 3.25. The number of urea groups is 1. The maximum atomic E-state index is 12.0. The van der Waals surface area contributed by atoms with Crippen molar-refractivity contribution >= 4 is 23.8 Å². The number of amides is 4. The van der Waals surface area contributed by atoms with Crippen LogP contribution in [0.2, 0.25) is 0 Å². The molecule has 1 unspecified atom stereocenters. The van der Waals surface area contributed by atoms with Crippen LogP contribution in [0.1, 0.15) is 13.3 Å². The molecule has 0 spiro atoms. The molecule has 0 radical (unpaired) electrons. The van der Waals surface area contributed by atoms with E-state index in [0.717, 1.165) is 4.90 Å². The van der Waals surface area contributed by atoms with Crippen molar-refractivity contribution in [3.63, 3.8) is 0 Å². The van der Waals surface area contributed by atoms with E-state index in [2.05, 4.69) is 10.6 Å². The molecule has 1 aliphatic heterocycles. The number of carbonyl (C=O) groups is 4. The van der Waals surface area contributed by atoms with E-state index in [1.165, 1.54) is 4.90 Å². The van der Waals surface area contributed by atoms with E-state index >= 15 is 0 Å². The molecule has 1 aliphatic rings. The molecular weight excluding hydrogens is 280 g/mol. The molecule has 3 N–H and O–H groups in total. The van der Waals surface area contributed by atoms with Gasteiger partial charge in [-0.15, -0.1) is 0 Å². The largest absolute Gasteiger partial charge is 0.481 e. The van der Waals surface area contributed by atoms with Crippen LogP contribution >= 0.6 is 0 Å². The molecule has 0 aromatic carbocycles. The van der Waals surface area contributed by atoms with Crippen molar-refractivity contribution in [1.29, 1.82) is 0 Å². The Morgan fingerprint density at radius 2 is 2.14 bits per heavy atom. The molecule has 1 heterocycles. The highest BCUT2D eigenvalue weighted by Gasteiger charge is 2.34. The lowest BCUT2D eigenvalue weighted by molar-refractivity contribution is -0.142. The molecule has 0 saturated carbocycles. The Bertz CT molecular complexity index is 439. The second-order valence-electron chi connectivity index (χ2n) is 4.66. The monoisotopic (exact) mass is 300 g/mol. The number of carboxylic acids is 1. The summed E-state index contributed by atoms with van der Waals surface area (Å²) >= 11 is 0. The molecule has 4 amide bonds. The van der Waals surface area contributed by atoms with E-state index in [1.807, 2.05) is 0 Å². The number of aliphatic carboxylic acids is 1. The molecule has 21 heavy (non-hydrogen) atoms. The highest BCUT2D eigenvalue weighted by atomic mass is 16.4. The Morgan fingerprint density at radius 3 is 2.71 bits per heavy atom. The molecule has 0 aromatic rings. The van der Waals surface area contributed by atoms with Crippen LogP contribution in [0.15, 0.2) is 0 Å². The molecule has 9 nitrogen and oxygen atoms in total. The second kappa shape index (κ2) is 7.46. The van der Waals surface area contributed by atoms with Crippen LogP contribution in [-0.4, -0.2) is 78.0 Å². The molecule has 118 valence electrons. The van der Waals surface area contributed by atoms with Gasteiger partial charge in [0.05, 0.1) is 13.0 Å². The maximum Gasteiger partial charge on any atom is 0.318 e. The minimum Gasteiger partial charge on any atom is -0.481 e. The van der Waals surface area contributed by atoms with Crippen molar-refractivity contribution in [2.24, 2.45) is 0 Å². The summed E-state index contributed by atoms with van der Waals surface area (Å²) in [5.41, 5.74) is 0. The van der Waals surface area contributed by atoms with Crippen molar-refractivity contribution in [2.75, 3.05) is 33.2 Å². The number of carboxylic acid groups (broad SMARTS) is 1. The zero-order valence-corrected chi connectivity index (χ0v) is 12.1. The van der Waals surface area contributed by atoms with E-state index in [-0.39, 0.29) is 25.5 Å². The van der Waals surface area contributed by atoms with Gasteiger partial charge < -0.3 is 25.5 Å². The summed E-state index contributed by atoms with van der Waals surface area (Å²) in [7, 11) is 1.61. The molecule has 1 rings (SSSR count). The van der Waals surface area contributed by atoms with E-state index in [0.29, 0.717) is 6.54 Å². The topological polar surface area (TPSA) is 119 Å². The Balaban J connectivity index is 2.63. The third-order valence-electron chi connectivity index (χ3n) is 3.25. The lowest BCUT2D eigenvalue weighted by atomic mass is 10.1. The van der Waals surface area contributed by atoms with E-state index in [9.17, 15) is 19.2 Å². The summed E-state index contributed by atoms with van der Waals surface area (Å²) in [6.07, 6.45) is -0.470. The zero-order chi connectivity index (χ0) is 16.0. The van der Waals surface area contributed by atoms with Crippen LogP contribution in [0, 0.1) is 0 Å². The highest BCUT2D eigenvalue weighted by Crippen LogP contribution is 2.09. The highest BCUT2D eigenvalue weighted by molar-refractivity contribution is 5.92. The summed E-state index contributed by atoms with van der Waals surface area (Å²) in [6, 6.07) is -1.68. The van der Waals surface area contributed by atoms with Gasteiger partial charge in [0.1, 0.15) is 6.04 Å². The summed E-state index contributed by atoms with van der Waals surface area (Å²) in [6.45, 7) is 2.58. The number of likely N-dealkylation sites (N-methyl/N-ethyl adjacent to an activating group) is 1. The summed E-state index contributed by atoms with van der Waals surface area (Å²) in [4.78, 5) is 48.7. The average molecular weight is 300 g/mol. The fourth-order valence-corrected chi connectivity index (χ4v) is 1.89. The lowest BCUT2D eigenvalue weighted by Gasteiger charge is -2.34. The van der Waals surface area contributed by atoms with Crippen molar-refractivity contribution in [2.45, 2.75) is 19.4 Å². The number of carbonyl (C=O) groups excluding carboxylic acids is 3. The fraction of sp³-hybridized carbons (Fsp3) is 0.667. The number of rotatable bonds is 5. The van der Waals surface area contributed by atoms with Gasteiger partial charge in [-0.2, -0.15) is 0 Å². The first-order valence-electron chi connectivity index (χ1n) is 6.64. The number of hydrogen-bond acceptors (Lipinski definition) is 4. The molecule has 1 atom stereocenters. The Hall–Kier alpha value is -2.32. The van der Waals surface area contributed by atoms with Crippen LogP contribution in [0.3, 0.4) is 0 Å². The van der Waals surface area contributed by atoms with Crippen molar-refractivity contribution in [3.05, 3.63) is 0 Å². The predicted octanol–water partition coefficient (Wildman–Crippen LogP) is -1.55. The van der Waals surface area contributed by atoms with E-state index in [1.54, 1.807) is 14.0 Å². The first kappa shape index (κ1) is 16.7. The first-order valence-corrected chi connectivity index (χ1v) is 6.64. The summed E-state index contributed by atoms with van der Waals surface area (Å²) < 4.78 is 0. The van der Waals surface area contributed by atoms with E-state index in [4.69, 9.17) is 5.11 Å². The molecular formula is C12H20N4O5. The second-order valence-corrected chi connectivity index (χ2v) is 4.66. The third kappa shape index (κ3) is 4.62. The lowest BCUT2D eigenvalue weighted by Crippen LogP contribution is -2.60. The van der Waals surface area contributed by atoms with Gasteiger partial charge in [0.25, 0.3) is 0 Å². The molecule has 9 heteroatoms. The minimum absolute atomic E-state index is 0.193. The zero-order valence-electron chi connectivity index (χ0n) is 12.1. The van der Waals surface area contributed by atoms with Gasteiger partial charge >= 0.3 is 12.0 Å². The van der Waals surface area contributed by atoms with Crippen LogP contribution in [0.5, 0.6) is 0 Å². The SMILES string of the molecule is CCN(C)C(=O)CNC(=O)N1CCNC(=O)C1CC(=O)O. The predicted molar refractivity (Wildman–Crippen MR) is 72.5 cm³/mol. The van der Waals surface area contributed by atoms with Gasteiger partial charge in [-0.3, -0.25) is 14.4 Å². The smallest absolute Gasteiger partial charge is 0.318 e. The van der Waals surface area contributed by atoms with Crippen molar-refractivity contribution in [3.8, 4) is 0 Å². The van der Waals surface area contributed by atoms with Crippen molar-refractivity contribution in [1.82, 2.24) is 20.4 Å². The van der Waals surface area contributed by atoms with Gasteiger partial charge in [-0.25, -0.2) is 4.79 Å². The molecule has 1 fully saturated rings. The van der Waals surface area contributed by atoms with Crippen LogP contribution in [-0.2, 0) is 14.4 Å². The Labute approximate surface area is 122 Å². The fourth-order valence-electron chi connectivity index (χ4n) is 1.89. The first-order chi connectivity index (χ1) is 9.86. The molecule has 0 aromatic heterocycles.